The largest absolute Gasteiger partial charge is 0.392 e. The monoisotopic (exact) mass is 273 g/mol. The predicted octanol–water partition coefficient (Wildman–Crippen LogP) is 1.96. The number of aromatic nitrogens is 2. The molecular formula is C16H23N3O. The molecule has 2 N–H and O–H groups in total. The molecule has 0 saturated carbocycles. The van der Waals surface area contributed by atoms with Crippen LogP contribution in [-0.2, 0) is 13.0 Å². The first-order valence-corrected chi connectivity index (χ1v) is 7.62. The number of rotatable bonds is 4. The Morgan fingerprint density at radius 1 is 1.35 bits per heavy atom. The van der Waals surface area contributed by atoms with Crippen molar-refractivity contribution in [1.82, 2.24) is 15.1 Å². The van der Waals surface area contributed by atoms with Gasteiger partial charge in [0.2, 0.25) is 0 Å². The molecule has 0 aliphatic carbocycles. The molecule has 2 heterocycles. The molecule has 1 unspecified atom stereocenters. The fourth-order valence-corrected chi connectivity index (χ4v) is 3.18. The lowest BCUT2D eigenvalue weighted by molar-refractivity contribution is 0.0883. The van der Waals surface area contributed by atoms with Gasteiger partial charge in [-0.3, -0.25) is 4.68 Å². The third-order valence-electron chi connectivity index (χ3n) is 4.36. The van der Waals surface area contributed by atoms with E-state index in [0.717, 1.165) is 38.2 Å². The molecule has 0 radical (unpaired) electrons. The summed E-state index contributed by atoms with van der Waals surface area (Å²) in [7, 11) is 0. The van der Waals surface area contributed by atoms with Crippen LogP contribution >= 0.6 is 0 Å². The van der Waals surface area contributed by atoms with Crippen LogP contribution < -0.4 is 5.32 Å². The zero-order valence-corrected chi connectivity index (χ0v) is 12.0. The van der Waals surface area contributed by atoms with Crippen LogP contribution in [-0.4, -0.2) is 34.1 Å². The predicted molar refractivity (Wildman–Crippen MR) is 80.7 cm³/mol. The van der Waals surface area contributed by atoms with E-state index in [1.807, 2.05) is 16.8 Å². The van der Waals surface area contributed by atoms with Crippen LogP contribution in [0.25, 0.3) is 10.9 Å². The van der Waals surface area contributed by atoms with Crippen LogP contribution in [0.2, 0.25) is 0 Å². The number of para-hydroxylation sites is 1. The van der Waals surface area contributed by atoms with Gasteiger partial charge in [-0.25, -0.2) is 0 Å². The Hall–Kier alpha value is -1.39. The van der Waals surface area contributed by atoms with Gasteiger partial charge in [0.1, 0.15) is 0 Å². The molecule has 1 aromatic carbocycles. The number of benzene rings is 1. The Kier molecular flexibility index (Phi) is 4.03. The first-order chi connectivity index (χ1) is 9.79. The van der Waals surface area contributed by atoms with Gasteiger partial charge in [-0.05, 0) is 44.8 Å². The van der Waals surface area contributed by atoms with E-state index in [9.17, 15) is 5.11 Å². The van der Waals surface area contributed by atoms with Crippen molar-refractivity contribution < 1.29 is 5.11 Å². The molecule has 1 aliphatic rings. The Balaban J connectivity index is 1.83. The minimum Gasteiger partial charge on any atom is -0.392 e. The minimum atomic E-state index is -0.277. The van der Waals surface area contributed by atoms with Crippen LogP contribution in [0, 0.1) is 5.92 Å². The van der Waals surface area contributed by atoms with Crippen molar-refractivity contribution in [2.24, 2.45) is 5.92 Å². The summed E-state index contributed by atoms with van der Waals surface area (Å²) in [4.78, 5) is 0. The number of piperidine rings is 1. The maximum atomic E-state index is 10.5. The number of hydrogen-bond donors (Lipinski definition) is 2. The van der Waals surface area contributed by atoms with Crippen molar-refractivity contribution in [2.75, 3.05) is 13.1 Å². The number of aliphatic hydroxyl groups excluding tert-OH is 1. The van der Waals surface area contributed by atoms with Crippen molar-refractivity contribution >= 4 is 10.9 Å². The Labute approximate surface area is 119 Å². The normalized spacial score (nSPS) is 18.5. The number of aryl methyl sites for hydroxylation is 1. The average Bonchev–Trinajstić information content (AvgIpc) is 2.86. The molecule has 2 aromatic rings. The molecule has 20 heavy (non-hydrogen) atoms. The molecule has 4 nitrogen and oxygen atoms in total. The van der Waals surface area contributed by atoms with Gasteiger partial charge in [0, 0.05) is 18.4 Å². The zero-order valence-electron chi connectivity index (χ0n) is 12.0. The number of nitrogens with one attached hydrogen (secondary N) is 1. The van der Waals surface area contributed by atoms with Crippen molar-refractivity contribution in [3.05, 3.63) is 30.0 Å². The fraction of sp³-hybridized carbons (Fsp3) is 0.562. The minimum absolute atomic E-state index is 0.277. The van der Waals surface area contributed by atoms with E-state index in [4.69, 9.17) is 0 Å². The molecule has 1 fully saturated rings. The van der Waals surface area contributed by atoms with E-state index in [1.54, 1.807) is 0 Å². The molecular weight excluding hydrogens is 250 g/mol. The molecule has 108 valence electrons. The van der Waals surface area contributed by atoms with Gasteiger partial charge in [-0.15, -0.1) is 0 Å². The van der Waals surface area contributed by atoms with Gasteiger partial charge in [-0.1, -0.05) is 18.2 Å². The summed E-state index contributed by atoms with van der Waals surface area (Å²) in [5, 5.41) is 19.7. The Morgan fingerprint density at radius 2 is 2.10 bits per heavy atom. The molecule has 3 rings (SSSR count). The van der Waals surface area contributed by atoms with Crippen molar-refractivity contribution in [2.45, 2.75) is 38.8 Å². The van der Waals surface area contributed by atoms with E-state index in [-0.39, 0.29) is 6.10 Å². The first kappa shape index (κ1) is 13.6. The second kappa shape index (κ2) is 5.94. The van der Waals surface area contributed by atoms with Gasteiger partial charge in [0.25, 0.3) is 0 Å². The summed E-state index contributed by atoms with van der Waals surface area (Å²) in [6.07, 6.45) is 2.51. The zero-order chi connectivity index (χ0) is 13.9. The molecule has 1 aliphatic heterocycles. The lowest BCUT2D eigenvalue weighted by Gasteiger charge is -2.26. The number of fused-ring (bicyclic) bond motifs is 1. The standard InChI is InChI=1S/C16H23N3O/c1-2-19-15-6-4-3-5-13(15)14(18-19)11-16(20)12-7-9-17-10-8-12/h3-6,12,16-17,20H,2,7-11H2,1H3. The third kappa shape index (κ3) is 2.58. The molecule has 0 spiro atoms. The molecule has 1 aromatic heterocycles. The molecule has 0 amide bonds. The second-order valence-electron chi connectivity index (χ2n) is 5.64. The maximum absolute atomic E-state index is 10.5. The summed E-state index contributed by atoms with van der Waals surface area (Å²) >= 11 is 0. The number of aliphatic hydroxyl groups is 1. The number of hydrogen-bond acceptors (Lipinski definition) is 3. The summed E-state index contributed by atoms with van der Waals surface area (Å²) in [6, 6.07) is 8.30. The van der Waals surface area contributed by atoms with Crippen LogP contribution in [0.1, 0.15) is 25.5 Å². The molecule has 0 bridgehead atoms. The highest BCUT2D eigenvalue weighted by molar-refractivity contribution is 5.82. The van der Waals surface area contributed by atoms with Crippen LogP contribution in [0.3, 0.4) is 0 Å². The van der Waals surface area contributed by atoms with Crippen LogP contribution in [0.5, 0.6) is 0 Å². The quantitative estimate of drug-likeness (QED) is 0.895. The van der Waals surface area contributed by atoms with E-state index >= 15 is 0 Å². The van der Waals surface area contributed by atoms with Gasteiger partial charge >= 0.3 is 0 Å². The highest BCUT2D eigenvalue weighted by atomic mass is 16.3. The highest BCUT2D eigenvalue weighted by Gasteiger charge is 2.23. The lowest BCUT2D eigenvalue weighted by atomic mass is 9.89. The van der Waals surface area contributed by atoms with Gasteiger partial charge in [0.05, 0.1) is 17.3 Å². The topological polar surface area (TPSA) is 50.1 Å². The van der Waals surface area contributed by atoms with Crippen molar-refractivity contribution in [3.63, 3.8) is 0 Å². The Bertz CT molecular complexity index is 572. The number of nitrogens with zero attached hydrogens (tertiary/aromatic N) is 2. The van der Waals surface area contributed by atoms with E-state index < -0.39 is 0 Å². The van der Waals surface area contributed by atoms with Gasteiger partial charge in [-0.2, -0.15) is 5.10 Å². The van der Waals surface area contributed by atoms with Gasteiger partial charge < -0.3 is 10.4 Å². The first-order valence-electron chi connectivity index (χ1n) is 7.62. The van der Waals surface area contributed by atoms with Crippen molar-refractivity contribution in [1.29, 1.82) is 0 Å². The summed E-state index contributed by atoms with van der Waals surface area (Å²) in [5.41, 5.74) is 2.20. The summed E-state index contributed by atoms with van der Waals surface area (Å²) in [6.45, 7) is 5.01. The van der Waals surface area contributed by atoms with Gasteiger partial charge in [0.15, 0.2) is 0 Å². The molecule has 1 atom stereocenters. The molecule has 4 heteroatoms. The van der Waals surface area contributed by atoms with Crippen molar-refractivity contribution in [3.8, 4) is 0 Å². The highest BCUT2D eigenvalue weighted by Crippen LogP contribution is 2.24. The van der Waals surface area contributed by atoms with Crippen LogP contribution in [0.15, 0.2) is 24.3 Å². The summed E-state index contributed by atoms with van der Waals surface area (Å²) < 4.78 is 2.03. The van der Waals surface area contributed by atoms with Crippen LogP contribution in [0.4, 0.5) is 0 Å². The van der Waals surface area contributed by atoms with E-state index in [0.29, 0.717) is 12.3 Å². The van der Waals surface area contributed by atoms with E-state index in [2.05, 4.69) is 29.5 Å². The fourth-order valence-electron chi connectivity index (χ4n) is 3.18. The second-order valence-corrected chi connectivity index (χ2v) is 5.64. The SMILES string of the molecule is CCn1nc(CC(O)C2CCNCC2)c2ccccc21. The maximum Gasteiger partial charge on any atom is 0.0729 e. The molecule has 1 saturated heterocycles. The third-order valence-corrected chi connectivity index (χ3v) is 4.36. The smallest absolute Gasteiger partial charge is 0.0729 e. The average molecular weight is 273 g/mol. The summed E-state index contributed by atoms with van der Waals surface area (Å²) in [5.74, 6) is 0.404. The van der Waals surface area contributed by atoms with E-state index in [1.165, 1.54) is 10.9 Å². The Morgan fingerprint density at radius 3 is 2.85 bits per heavy atom. The lowest BCUT2D eigenvalue weighted by Crippen LogP contribution is -2.35.